The number of furan rings is 1. The zero-order chi connectivity index (χ0) is 13.4. The van der Waals surface area contributed by atoms with E-state index in [0.717, 1.165) is 27.1 Å². The van der Waals surface area contributed by atoms with E-state index in [0.29, 0.717) is 5.56 Å². The maximum atomic E-state index is 13.8. The van der Waals surface area contributed by atoms with Crippen molar-refractivity contribution >= 4 is 15.9 Å². The fourth-order valence-corrected chi connectivity index (χ4v) is 2.55. The molecule has 0 radical (unpaired) electrons. The van der Waals surface area contributed by atoms with Crippen LogP contribution in [0.4, 0.5) is 4.39 Å². The molecule has 1 atom stereocenters. The van der Waals surface area contributed by atoms with Crippen molar-refractivity contribution in [3.8, 4) is 0 Å². The first kappa shape index (κ1) is 13.3. The van der Waals surface area contributed by atoms with E-state index >= 15 is 0 Å². The van der Waals surface area contributed by atoms with Gasteiger partial charge in [-0.15, -0.1) is 0 Å². The van der Waals surface area contributed by atoms with E-state index in [2.05, 4.69) is 15.9 Å². The minimum absolute atomic E-state index is 0.302. The Morgan fingerprint density at radius 2 is 1.89 bits per heavy atom. The maximum absolute atomic E-state index is 13.8. The molecule has 2 nitrogen and oxygen atoms in total. The number of hydrogen-bond donors (Lipinski definition) is 1. The molecule has 18 heavy (non-hydrogen) atoms. The Hall–Kier alpha value is -1.13. The van der Waals surface area contributed by atoms with E-state index in [9.17, 15) is 4.39 Å². The van der Waals surface area contributed by atoms with E-state index in [1.165, 1.54) is 6.07 Å². The first-order chi connectivity index (χ1) is 8.41. The van der Waals surface area contributed by atoms with Crippen LogP contribution < -0.4 is 5.73 Å². The highest BCUT2D eigenvalue weighted by Gasteiger charge is 2.21. The lowest BCUT2D eigenvalue weighted by Gasteiger charge is -2.14. The van der Waals surface area contributed by atoms with Crippen LogP contribution in [0.3, 0.4) is 0 Å². The highest BCUT2D eigenvalue weighted by atomic mass is 79.9. The largest absolute Gasteiger partial charge is 0.466 e. The van der Waals surface area contributed by atoms with Crippen molar-refractivity contribution in [3.63, 3.8) is 0 Å². The summed E-state index contributed by atoms with van der Waals surface area (Å²) in [5.41, 5.74) is 8.50. The molecular formula is C14H15BrFNO. The summed E-state index contributed by atoms with van der Waals surface area (Å²) < 4.78 is 20.2. The van der Waals surface area contributed by atoms with Crippen LogP contribution in [0.25, 0.3) is 0 Å². The zero-order valence-electron chi connectivity index (χ0n) is 10.6. The summed E-state index contributed by atoms with van der Waals surface area (Å²) in [5.74, 6) is 1.27. The smallest absolute Gasteiger partial charge is 0.128 e. The van der Waals surface area contributed by atoms with Gasteiger partial charge in [-0.2, -0.15) is 0 Å². The van der Waals surface area contributed by atoms with Crippen LogP contribution in [-0.2, 0) is 0 Å². The SMILES string of the molecule is Cc1oc(C)c(C(N)c2cc(Br)ccc2F)c1C. The molecule has 0 saturated carbocycles. The fraction of sp³-hybridized carbons (Fsp3) is 0.286. The van der Waals surface area contributed by atoms with Crippen molar-refractivity contribution in [3.05, 3.63) is 56.7 Å². The molecule has 0 aliphatic rings. The van der Waals surface area contributed by atoms with Gasteiger partial charge in [0.25, 0.3) is 0 Å². The third-order valence-electron chi connectivity index (χ3n) is 3.22. The first-order valence-electron chi connectivity index (χ1n) is 5.68. The summed E-state index contributed by atoms with van der Waals surface area (Å²) in [6.07, 6.45) is 0. The number of aryl methyl sites for hydroxylation is 2. The van der Waals surface area contributed by atoms with E-state index in [4.69, 9.17) is 10.2 Å². The Kier molecular flexibility index (Phi) is 3.59. The third-order valence-corrected chi connectivity index (χ3v) is 3.71. The zero-order valence-corrected chi connectivity index (χ0v) is 12.1. The molecule has 1 heterocycles. The molecule has 0 spiro atoms. The summed E-state index contributed by atoms with van der Waals surface area (Å²) in [6.45, 7) is 5.68. The quantitative estimate of drug-likeness (QED) is 0.904. The van der Waals surface area contributed by atoms with Crippen LogP contribution >= 0.6 is 15.9 Å². The van der Waals surface area contributed by atoms with E-state index in [1.807, 2.05) is 20.8 Å². The second kappa shape index (κ2) is 4.86. The molecule has 1 aromatic heterocycles. The summed E-state index contributed by atoms with van der Waals surface area (Å²) in [4.78, 5) is 0. The average molecular weight is 312 g/mol. The van der Waals surface area contributed by atoms with Crippen LogP contribution in [0, 0.1) is 26.6 Å². The third kappa shape index (κ3) is 2.22. The van der Waals surface area contributed by atoms with Crippen LogP contribution in [0.2, 0.25) is 0 Å². The van der Waals surface area contributed by atoms with Gasteiger partial charge in [0.1, 0.15) is 17.3 Å². The standard InChI is InChI=1S/C14H15BrFNO/c1-7-8(2)18-9(3)13(7)14(17)11-6-10(15)4-5-12(11)16/h4-6,14H,17H2,1-3H3. The monoisotopic (exact) mass is 311 g/mol. The predicted octanol–water partition coefficient (Wildman–Crippen LogP) is 4.15. The lowest BCUT2D eigenvalue weighted by molar-refractivity contribution is 0.497. The molecular weight excluding hydrogens is 297 g/mol. The highest BCUT2D eigenvalue weighted by Crippen LogP contribution is 2.32. The Morgan fingerprint density at radius 1 is 1.22 bits per heavy atom. The molecule has 2 aromatic rings. The van der Waals surface area contributed by atoms with Crippen molar-refractivity contribution < 1.29 is 8.81 Å². The summed E-state index contributed by atoms with van der Waals surface area (Å²) in [6, 6.07) is 4.27. The molecule has 96 valence electrons. The Bertz CT molecular complexity index is 592. The normalized spacial score (nSPS) is 12.8. The molecule has 2 N–H and O–H groups in total. The number of benzene rings is 1. The van der Waals surface area contributed by atoms with Crippen LogP contribution in [-0.4, -0.2) is 0 Å². The van der Waals surface area contributed by atoms with Gasteiger partial charge in [0.2, 0.25) is 0 Å². The van der Waals surface area contributed by atoms with Crippen molar-refractivity contribution in [1.29, 1.82) is 0 Å². The number of nitrogens with two attached hydrogens (primary N) is 1. The molecule has 4 heteroatoms. The summed E-state index contributed by atoms with van der Waals surface area (Å²) in [7, 11) is 0. The second-order valence-corrected chi connectivity index (χ2v) is 5.31. The van der Waals surface area contributed by atoms with Gasteiger partial charge in [-0.3, -0.25) is 0 Å². The second-order valence-electron chi connectivity index (χ2n) is 4.40. The molecule has 2 rings (SSSR count). The lowest BCUT2D eigenvalue weighted by Crippen LogP contribution is -2.15. The average Bonchev–Trinajstić information content (AvgIpc) is 2.56. The number of rotatable bonds is 2. The van der Waals surface area contributed by atoms with Gasteiger partial charge >= 0.3 is 0 Å². The van der Waals surface area contributed by atoms with Crippen LogP contribution in [0.5, 0.6) is 0 Å². The molecule has 0 amide bonds. The van der Waals surface area contributed by atoms with Gasteiger partial charge in [-0.25, -0.2) is 4.39 Å². The van der Waals surface area contributed by atoms with Crippen LogP contribution in [0.1, 0.15) is 34.3 Å². The summed E-state index contributed by atoms with van der Waals surface area (Å²) in [5, 5.41) is 0. The molecule has 0 bridgehead atoms. The minimum Gasteiger partial charge on any atom is -0.466 e. The molecule has 0 saturated heterocycles. The van der Waals surface area contributed by atoms with Gasteiger partial charge < -0.3 is 10.2 Å². The maximum Gasteiger partial charge on any atom is 0.128 e. The summed E-state index contributed by atoms with van der Waals surface area (Å²) >= 11 is 3.33. The van der Waals surface area contributed by atoms with Gasteiger partial charge in [0, 0.05) is 15.6 Å². The Morgan fingerprint density at radius 3 is 2.44 bits per heavy atom. The number of hydrogen-bond acceptors (Lipinski definition) is 2. The lowest BCUT2D eigenvalue weighted by atomic mass is 9.96. The van der Waals surface area contributed by atoms with E-state index in [-0.39, 0.29) is 5.82 Å². The van der Waals surface area contributed by atoms with Crippen molar-refractivity contribution in [2.75, 3.05) is 0 Å². The van der Waals surface area contributed by atoms with Gasteiger partial charge in [-0.05, 0) is 44.5 Å². The van der Waals surface area contributed by atoms with Crippen molar-refractivity contribution in [2.24, 2.45) is 5.73 Å². The minimum atomic E-state index is -0.514. The number of halogens is 2. The molecule has 0 aliphatic heterocycles. The van der Waals surface area contributed by atoms with Gasteiger partial charge in [0.05, 0.1) is 6.04 Å². The first-order valence-corrected chi connectivity index (χ1v) is 6.48. The molecule has 1 aromatic carbocycles. The van der Waals surface area contributed by atoms with Gasteiger partial charge in [0.15, 0.2) is 0 Å². The Labute approximate surface area is 114 Å². The molecule has 0 aliphatic carbocycles. The topological polar surface area (TPSA) is 39.2 Å². The van der Waals surface area contributed by atoms with E-state index in [1.54, 1.807) is 12.1 Å². The van der Waals surface area contributed by atoms with Crippen LogP contribution in [0.15, 0.2) is 27.1 Å². The van der Waals surface area contributed by atoms with Crippen molar-refractivity contribution in [2.45, 2.75) is 26.8 Å². The van der Waals surface area contributed by atoms with Crippen molar-refractivity contribution in [1.82, 2.24) is 0 Å². The highest BCUT2D eigenvalue weighted by molar-refractivity contribution is 9.10. The van der Waals surface area contributed by atoms with Gasteiger partial charge in [-0.1, -0.05) is 15.9 Å². The molecule has 1 unspecified atom stereocenters. The molecule has 0 fully saturated rings. The Balaban J connectivity index is 2.54. The fourth-order valence-electron chi connectivity index (χ4n) is 2.18. The van der Waals surface area contributed by atoms with E-state index < -0.39 is 6.04 Å². The predicted molar refractivity (Wildman–Crippen MR) is 73.0 cm³/mol.